The molecule has 0 bridgehead atoms. The van der Waals surface area contributed by atoms with Crippen LogP contribution in [0.25, 0.3) is 88.0 Å². The quantitative estimate of drug-likeness (QED) is 0.189. The molecule has 0 N–H and O–H groups in total. The molecule has 1 aliphatic rings. The van der Waals surface area contributed by atoms with Crippen molar-refractivity contribution in [1.82, 2.24) is 9.13 Å². The SMILES string of the molecule is [2H]c1c([2H])c([2H])c(-n2c3ccccc3c3cc(-c4ccc5c(c4)c4c6cccc7c6c(cc4n5-c4c([2H])c([2H])c([2H])c([2H])c4[2H])-c4ccccc4O7)ccc32)c([2H])c1[2H]. The third kappa shape index (κ3) is 3.73. The maximum absolute atomic E-state index is 9.06. The number of fused-ring (bicyclic) bond motifs is 9. The number of nitrogens with zero attached hydrogens (tertiary/aromatic N) is 2. The number of rotatable bonds is 3. The van der Waals surface area contributed by atoms with Crippen molar-refractivity contribution in [3.63, 3.8) is 0 Å². The molecule has 228 valence electrons. The highest BCUT2D eigenvalue weighted by atomic mass is 16.5. The van der Waals surface area contributed by atoms with Gasteiger partial charge in [-0.15, -0.1) is 0 Å². The molecule has 1 aliphatic heterocycles. The van der Waals surface area contributed by atoms with Gasteiger partial charge in [-0.05, 0) is 94.8 Å². The summed E-state index contributed by atoms with van der Waals surface area (Å²) in [5.74, 6) is 1.39. The first-order valence-corrected chi connectivity index (χ1v) is 16.0. The van der Waals surface area contributed by atoms with Crippen molar-refractivity contribution in [3.05, 3.63) is 170 Å². The van der Waals surface area contributed by atoms with Crippen molar-refractivity contribution in [2.45, 2.75) is 0 Å². The average molecular weight is 635 g/mol. The second-order valence-corrected chi connectivity index (χ2v) is 12.2. The standard InChI is InChI=1S/C46H28N2O/c1-3-12-31(13-4-1)47-39-19-9-7-16-33(39)36-26-29(22-24-40(36)47)30-23-25-41-38(27-30)45-35-18-11-21-44-46(35)37(34-17-8-10-20-43(34)49-44)28-42(45)48(41)32-14-5-2-6-15-32/h1-28H/i1D,2D,3D,4D,5D,6D,12D,13D,14D,15D. The molecule has 3 nitrogen and oxygen atoms in total. The van der Waals surface area contributed by atoms with Gasteiger partial charge in [0.15, 0.2) is 0 Å². The molecular weight excluding hydrogens is 597 g/mol. The van der Waals surface area contributed by atoms with Gasteiger partial charge in [0.25, 0.3) is 0 Å². The summed E-state index contributed by atoms with van der Waals surface area (Å²) in [6.45, 7) is 0. The summed E-state index contributed by atoms with van der Waals surface area (Å²) in [7, 11) is 0. The van der Waals surface area contributed by atoms with E-state index in [-0.39, 0.29) is 35.5 Å². The lowest BCUT2D eigenvalue weighted by Gasteiger charge is -2.22. The summed E-state index contributed by atoms with van der Waals surface area (Å²) in [4.78, 5) is 0. The first-order chi connectivity index (χ1) is 28.5. The maximum Gasteiger partial charge on any atom is 0.135 e. The molecule has 0 unspecified atom stereocenters. The summed E-state index contributed by atoms with van der Waals surface area (Å²) in [6, 6.07) is 31.3. The summed E-state index contributed by atoms with van der Waals surface area (Å²) in [6.07, 6.45) is 0. The molecule has 0 spiro atoms. The lowest BCUT2D eigenvalue weighted by Crippen LogP contribution is -1.98. The monoisotopic (exact) mass is 634 g/mol. The lowest BCUT2D eigenvalue weighted by atomic mass is 9.91. The Labute approximate surface area is 296 Å². The van der Waals surface area contributed by atoms with E-state index in [9.17, 15) is 0 Å². The number of hydrogen-bond donors (Lipinski definition) is 0. The Morgan fingerprint density at radius 2 is 1.00 bits per heavy atom. The Morgan fingerprint density at radius 1 is 0.408 bits per heavy atom. The molecular formula is C46H28N2O. The first-order valence-electron chi connectivity index (χ1n) is 21.0. The minimum absolute atomic E-state index is 0.0497. The largest absolute Gasteiger partial charge is 0.456 e. The van der Waals surface area contributed by atoms with Crippen molar-refractivity contribution in [1.29, 1.82) is 0 Å². The van der Waals surface area contributed by atoms with Crippen LogP contribution >= 0.6 is 0 Å². The molecule has 0 saturated carbocycles. The number of para-hydroxylation sites is 4. The minimum atomic E-state index is -0.466. The smallest absolute Gasteiger partial charge is 0.135 e. The molecule has 0 fully saturated rings. The van der Waals surface area contributed by atoms with E-state index in [4.69, 9.17) is 18.4 Å². The van der Waals surface area contributed by atoms with Crippen LogP contribution in [0.1, 0.15) is 13.7 Å². The van der Waals surface area contributed by atoms with Gasteiger partial charge in [-0.1, -0.05) is 96.9 Å². The summed E-state index contributed by atoms with van der Waals surface area (Å²) in [5.41, 5.74) is 6.30. The molecule has 0 amide bonds. The van der Waals surface area contributed by atoms with E-state index < -0.39 is 36.3 Å². The van der Waals surface area contributed by atoms with E-state index in [2.05, 4.69) is 6.07 Å². The molecule has 0 atom stereocenters. The van der Waals surface area contributed by atoms with E-state index in [1.165, 1.54) is 0 Å². The van der Waals surface area contributed by atoms with Crippen LogP contribution in [0.4, 0.5) is 0 Å². The third-order valence-corrected chi connectivity index (χ3v) is 9.67. The Bertz CT molecular complexity index is 3490. The van der Waals surface area contributed by atoms with Gasteiger partial charge in [0.1, 0.15) is 11.5 Å². The van der Waals surface area contributed by atoms with Crippen LogP contribution in [-0.2, 0) is 0 Å². The highest BCUT2D eigenvalue weighted by Gasteiger charge is 2.25. The van der Waals surface area contributed by atoms with Crippen LogP contribution in [0, 0.1) is 0 Å². The second kappa shape index (κ2) is 9.96. The molecule has 0 aliphatic carbocycles. The van der Waals surface area contributed by atoms with Crippen molar-refractivity contribution >= 4 is 54.4 Å². The number of benzene rings is 8. The van der Waals surface area contributed by atoms with Crippen LogP contribution in [0.15, 0.2) is 170 Å². The average Bonchev–Trinajstić information content (AvgIpc) is 3.76. The molecule has 8 aromatic carbocycles. The molecule has 0 saturated heterocycles. The zero-order valence-corrected chi connectivity index (χ0v) is 25.7. The zero-order chi connectivity index (χ0) is 40.8. The number of hydrogen-bond acceptors (Lipinski definition) is 1. The van der Waals surface area contributed by atoms with Crippen molar-refractivity contribution < 1.29 is 18.4 Å². The summed E-state index contributed by atoms with van der Waals surface area (Å²) >= 11 is 0. The molecule has 11 rings (SSSR count). The van der Waals surface area contributed by atoms with Gasteiger partial charge in [-0.2, -0.15) is 0 Å². The van der Waals surface area contributed by atoms with E-state index >= 15 is 0 Å². The molecule has 49 heavy (non-hydrogen) atoms. The summed E-state index contributed by atoms with van der Waals surface area (Å²) in [5, 5.41) is 5.09. The normalized spacial score (nSPS) is 15.1. The minimum Gasteiger partial charge on any atom is -0.456 e. The fraction of sp³-hybridized carbons (Fsp3) is 0. The fourth-order valence-electron chi connectivity index (χ4n) is 7.68. The Hall–Kier alpha value is -6.58. The number of ether oxygens (including phenoxy) is 1. The van der Waals surface area contributed by atoms with E-state index in [1.807, 2.05) is 103 Å². The van der Waals surface area contributed by atoms with E-state index in [1.54, 1.807) is 9.13 Å². The topological polar surface area (TPSA) is 19.1 Å². The van der Waals surface area contributed by atoms with Crippen LogP contribution in [0.2, 0.25) is 0 Å². The highest BCUT2D eigenvalue weighted by molar-refractivity contribution is 6.26. The molecule has 2 aromatic heterocycles. The second-order valence-electron chi connectivity index (χ2n) is 12.2. The lowest BCUT2D eigenvalue weighted by molar-refractivity contribution is 0.487. The molecule has 3 heterocycles. The van der Waals surface area contributed by atoms with Crippen LogP contribution < -0.4 is 4.74 Å². The van der Waals surface area contributed by atoms with Gasteiger partial charge in [-0.3, -0.25) is 0 Å². The fourth-order valence-corrected chi connectivity index (χ4v) is 7.68. The Kier molecular flexibility index (Phi) is 3.80. The van der Waals surface area contributed by atoms with Crippen molar-refractivity contribution in [2.24, 2.45) is 0 Å². The Morgan fingerprint density at radius 3 is 1.78 bits per heavy atom. The van der Waals surface area contributed by atoms with Gasteiger partial charge < -0.3 is 13.9 Å². The molecule has 3 heteroatoms. The third-order valence-electron chi connectivity index (χ3n) is 9.67. The molecule has 0 radical (unpaired) electrons. The summed E-state index contributed by atoms with van der Waals surface area (Å²) < 4.78 is 96.1. The van der Waals surface area contributed by atoms with Gasteiger partial charge in [0.2, 0.25) is 0 Å². The van der Waals surface area contributed by atoms with E-state index in [0.717, 1.165) is 54.6 Å². The Balaban J connectivity index is 1.22. The predicted molar refractivity (Wildman–Crippen MR) is 204 cm³/mol. The molecule has 10 aromatic rings. The van der Waals surface area contributed by atoms with Crippen molar-refractivity contribution in [3.8, 4) is 45.1 Å². The predicted octanol–water partition coefficient (Wildman–Crippen LogP) is 12.5. The maximum atomic E-state index is 9.06. The van der Waals surface area contributed by atoms with Crippen LogP contribution in [0.3, 0.4) is 0 Å². The van der Waals surface area contributed by atoms with Gasteiger partial charge in [-0.25, -0.2) is 0 Å². The van der Waals surface area contributed by atoms with Crippen LogP contribution in [0.5, 0.6) is 11.5 Å². The van der Waals surface area contributed by atoms with Gasteiger partial charge >= 0.3 is 0 Å². The zero-order valence-electron chi connectivity index (χ0n) is 35.7. The van der Waals surface area contributed by atoms with E-state index in [0.29, 0.717) is 33.6 Å². The first kappa shape index (κ1) is 18.7. The van der Waals surface area contributed by atoms with Gasteiger partial charge in [0, 0.05) is 43.9 Å². The van der Waals surface area contributed by atoms with Gasteiger partial charge in [0.05, 0.1) is 35.8 Å². The number of aromatic nitrogens is 2. The van der Waals surface area contributed by atoms with Crippen LogP contribution in [-0.4, -0.2) is 9.13 Å². The van der Waals surface area contributed by atoms with Crippen molar-refractivity contribution in [2.75, 3.05) is 0 Å². The highest BCUT2D eigenvalue weighted by Crippen LogP contribution is 2.50.